The first-order valence-corrected chi connectivity index (χ1v) is 5.68. The summed E-state index contributed by atoms with van der Waals surface area (Å²) in [4.78, 5) is 5.41. The zero-order valence-electron chi connectivity index (χ0n) is 8.69. The average Bonchev–Trinajstić information content (AvgIpc) is 2.83. The number of hydrogen-bond donors (Lipinski definition) is 1. The third-order valence-corrected chi connectivity index (χ3v) is 3.26. The first-order chi connectivity index (χ1) is 7.74. The van der Waals surface area contributed by atoms with Crippen LogP contribution in [0.15, 0.2) is 18.2 Å². The first kappa shape index (κ1) is 9.47. The normalized spacial score (nSPS) is 13.1. The Labute approximate surface area is 96.6 Å². The van der Waals surface area contributed by atoms with Crippen LogP contribution in [0.5, 0.6) is 11.5 Å². The predicted molar refractivity (Wildman–Crippen MR) is 62.8 cm³/mol. The zero-order valence-corrected chi connectivity index (χ0v) is 9.50. The summed E-state index contributed by atoms with van der Waals surface area (Å²) < 4.78 is 10.6. The number of anilines is 1. The van der Waals surface area contributed by atoms with Gasteiger partial charge in [-0.15, -0.1) is 11.3 Å². The molecule has 2 aromatic rings. The van der Waals surface area contributed by atoms with Gasteiger partial charge in [-0.05, 0) is 25.1 Å². The Morgan fingerprint density at radius 2 is 2.12 bits per heavy atom. The lowest BCUT2D eigenvalue weighted by Crippen LogP contribution is -1.92. The second kappa shape index (κ2) is 3.38. The van der Waals surface area contributed by atoms with Crippen molar-refractivity contribution in [1.82, 2.24) is 4.98 Å². The van der Waals surface area contributed by atoms with Crippen LogP contribution in [0.3, 0.4) is 0 Å². The standard InChI is InChI=1S/C11H10N2O2S/c1-6-10(13-11(12)16-6)7-2-3-8-9(4-7)15-5-14-8/h2-4H,5H2,1H3,(H2,12,13). The van der Waals surface area contributed by atoms with Gasteiger partial charge in [-0.2, -0.15) is 0 Å². The van der Waals surface area contributed by atoms with Gasteiger partial charge in [0.2, 0.25) is 6.79 Å². The highest BCUT2D eigenvalue weighted by Gasteiger charge is 2.16. The lowest BCUT2D eigenvalue weighted by Gasteiger charge is -2.00. The summed E-state index contributed by atoms with van der Waals surface area (Å²) in [6.07, 6.45) is 0. The summed E-state index contributed by atoms with van der Waals surface area (Å²) in [5, 5.41) is 0.588. The average molecular weight is 234 g/mol. The van der Waals surface area contributed by atoms with Crippen LogP contribution in [-0.4, -0.2) is 11.8 Å². The number of thiazole rings is 1. The number of fused-ring (bicyclic) bond motifs is 1. The molecule has 4 nitrogen and oxygen atoms in total. The van der Waals surface area contributed by atoms with Gasteiger partial charge < -0.3 is 15.2 Å². The number of ether oxygens (including phenoxy) is 2. The molecular weight excluding hydrogens is 224 g/mol. The highest BCUT2D eigenvalue weighted by atomic mass is 32.1. The summed E-state index contributed by atoms with van der Waals surface area (Å²) >= 11 is 1.49. The molecule has 0 bridgehead atoms. The van der Waals surface area contributed by atoms with Crippen molar-refractivity contribution in [3.05, 3.63) is 23.1 Å². The molecule has 0 radical (unpaired) electrons. The molecule has 0 saturated carbocycles. The van der Waals surface area contributed by atoms with Crippen LogP contribution in [0.25, 0.3) is 11.3 Å². The Morgan fingerprint density at radius 1 is 1.31 bits per heavy atom. The van der Waals surface area contributed by atoms with Crippen LogP contribution in [-0.2, 0) is 0 Å². The molecule has 0 saturated heterocycles. The van der Waals surface area contributed by atoms with E-state index in [1.807, 2.05) is 25.1 Å². The van der Waals surface area contributed by atoms with Crippen molar-refractivity contribution in [2.75, 3.05) is 12.5 Å². The van der Waals surface area contributed by atoms with E-state index in [-0.39, 0.29) is 6.79 Å². The molecule has 16 heavy (non-hydrogen) atoms. The van der Waals surface area contributed by atoms with E-state index in [4.69, 9.17) is 15.2 Å². The molecule has 0 unspecified atom stereocenters. The lowest BCUT2D eigenvalue weighted by atomic mass is 10.1. The van der Waals surface area contributed by atoms with Gasteiger partial charge >= 0.3 is 0 Å². The number of nitrogen functional groups attached to an aromatic ring is 1. The molecule has 2 heterocycles. The summed E-state index contributed by atoms with van der Waals surface area (Å²) in [5.74, 6) is 1.55. The van der Waals surface area contributed by atoms with Crippen molar-refractivity contribution in [1.29, 1.82) is 0 Å². The van der Waals surface area contributed by atoms with Gasteiger partial charge in [0.25, 0.3) is 0 Å². The predicted octanol–water partition coefficient (Wildman–Crippen LogP) is 2.43. The van der Waals surface area contributed by atoms with Gasteiger partial charge in [0.15, 0.2) is 16.6 Å². The number of hydrogen-bond acceptors (Lipinski definition) is 5. The molecule has 1 aliphatic heterocycles. The fourth-order valence-corrected chi connectivity index (χ4v) is 2.44. The van der Waals surface area contributed by atoms with E-state index in [9.17, 15) is 0 Å². The molecule has 3 rings (SSSR count). The summed E-state index contributed by atoms with van der Waals surface area (Å²) in [6.45, 7) is 2.30. The smallest absolute Gasteiger partial charge is 0.231 e. The minimum Gasteiger partial charge on any atom is -0.454 e. The van der Waals surface area contributed by atoms with Crippen molar-refractivity contribution >= 4 is 16.5 Å². The molecule has 0 atom stereocenters. The van der Waals surface area contributed by atoms with Gasteiger partial charge in [-0.1, -0.05) is 0 Å². The van der Waals surface area contributed by atoms with Crippen molar-refractivity contribution < 1.29 is 9.47 Å². The highest BCUT2D eigenvalue weighted by Crippen LogP contribution is 2.37. The SMILES string of the molecule is Cc1sc(N)nc1-c1ccc2c(c1)OCO2. The fourth-order valence-electron chi connectivity index (χ4n) is 1.73. The first-order valence-electron chi connectivity index (χ1n) is 4.87. The third-order valence-electron chi connectivity index (χ3n) is 2.46. The summed E-state index contributed by atoms with van der Waals surface area (Å²) in [6, 6.07) is 5.80. The molecule has 5 heteroatoms. The number of nitrogens with two attached hydrogens (primary N) is 1. The Kier molecular flexibility index (Phi) is 2.00. The van der Waals surface area contributed by atoms with Gasteiger partial charge in [0.1, 0.15) is 0 Å². The van der Waals surface area contributed by atoms with Crippen molar-refractivity contribution in [2.45, 2.75) is 6.92 Å². The molecule has 82 valence electrons. The Hall–Kier alpha value is -1.75. The van der Waals surface area contributed by atoms with Gasteiger partial charge in [-0.3, -0.25) is 0 Å². The topological polar surface area (TPSA) is 57.4 Å². The van der Waals surface area contributed by atoms with Crippen LogP contribution < -0.4 is 15.2 Å². The maximum atomic E-state index is 5.68. The van der Waals surface area contributed by atoms with E-state index in [2.05, 4.69) is 4.98 Å². The molecule has 1 aromatic carbocycles. The van der Waals surface area contributed by atoms with Crippen LogP contribution >= 0.6 is 11.3 Å². The Morgan fingerprint density at radius 3 is 2.88 bits per heavy atom. The van der Waals surface area contributed by atoms with Gasteiger partial charge in [-0.25, -0.2) is 4.98 Å². The number of nitrogens with zero attached hydrogens (tertiary/aromatic N) is 1. The molecule has 1 aliphatic rings. The molecule has 0 amide bonds. The molecule has 0 fully saturated rings. The molecule has 2 N–H and O–H groups in total. The molecule has 0 spiro atoms. The quantitative estimate of drug-likeness (QED) is 0.823. The minimum absolute atomic E-state index is 0.289. The number of aromatic nitrogens is 1. The monoisotopic (exact) mass is 234 g/mol. The zero-order chi connectivity index (χ0) is 11.1. The van der Waals surface area contributed by atoms with Crippen LogP contribution in [0.1, 0.15) is 4.88 Å². The second-order valence-corrected chi connectivity index (χ2v) is 4.76. The maximum Gasteiger partial charge on any atom is 0.231 e. The second-order valence-electron chi connectivity index (χ2n) is 3.52. The van der Waals surface area contributed by atoms with Crippen molar-refractivity contribution in [3.8, 4) is 22.8 Å². The van der Waals surface area contributed by atoms with E-state index in [1.54, 1.807) is 0 Å². The summed E-state index contributed by atoms with van der Waals surface area (Å²) in [5.41, 5.74) is 7.61. The molecule has 1 aromatic heterocycles. The van der Waals surface area contributed by atoms with E-state index in [0.29, 0.717) is 5.13 Å². The van der Waals surface area contributed by atoms with E-state index in [0.717, 1.165) is 27.6 Å². The van der Waals surface area contributed by atoms with Gasteiger partial charge in [0.05, 0.1) is 5.69 Å². The van der Waals surface area contributed by atoms with Crippen LogP contribution in [0.2, 0.25) is 0 Å². The molecule has 0 aliphatic carbocycles. The Bertz CT molecular complexity index is 551. The fraction of sp³-hybridized carbons (Fsp3) is 0.182. The number of aryl methyl sites for hydroxylation is 1. The van der Waals surface area contributed by atoms with E-state index in [1.165, 1.54) is 11.3 Å². The highest BCUT2D eigenvalue weighted by molar-refractivity contribution is 7.15. The van der Waals surface area contributed by atoms with Crippen molar-refractivity contribution in [3.63, 3.8) is 0 Å². The summed E-state index contributed by atoms with van der Waals surface area (Å²) in [7, 11) is 0. The lowest BCUT2D eigenvalue weighted by molar-refractivity contribution is 0.174. The largest absolute Gasteiger partial charge is 0.454 e. The Balaban J connectivity index is 2.10. The van der Waals surface area contributed by atoms with Crippen molar-refractivity contribution in [2.24, 2.45) is 0 Å². The van der Waals surface area contributed by atoms with E-state index < -0.39 is 0 Å². The van der Waals surface area contributed by atoms with Crippen LogP contribution in [0, 0.1) is 6.92 Å². The van der Waals surface area contributed by atoms with Crippen LogP contribution in [0.4, 0.5) is 5.13 Å². The number of rotatable bonds is 1. The number of benzene rings is 1. The molecular formula is C11H10N2O2S. The maximum absolute atomic E-state index is 5.68. The third kappa shape index (κ3) is 1.40. The minimum atomic E-state index is 0.289. The van der Waals surface area contributed by atoms with E-state index >= 15 is 0 Å². The van der Waals surface area contributed by atoms with Gasteiger partial charge in [0, 0.05) is 10.4 Å².